The molecule has 1 aromatic heterocycles. The van der Waals surface area contributed by atoms with Crippen molar-refractivity contribution in [2.75, 3.05) is 0 Å². The maximum atomic E-state index is 12.4. The summed E-state index contributed by atoms with van der Waals surface area (Å²) in [5, 5.41) is 0. The third kappa shape index (κ3) is 3.42. The molecule has 1 atom stereocenters. The first kappa shape index (κ1) is 14.7. The molecule has 0 saturated carbocycles. The van der Waals surface area contributed by atoms with Gasteiger partial charge in [0.05, 0.1) is 11.6 Å². The van der Waals surface area contributed by atoms with Crippen LogP contribution in [-0.2, 0) is 19.0 Å². The summed E-state index contributed by atoms with van der Waals surface area (Å²) in [4.78, 5) is 0. The molecule has 2 N–H and O–H groups in total. The average Bonchev–Trinajstić information content (AvgIpc) is 2.87. The lowest BCUT2D eigenvalue weighted by atomic mass is 10.0. The fraction of sp³-hybridized carbons (Fsp3) is 0.333. The highest BCUT2D eigenvalue weighted by molar-refractivity contribution is 5.26. The molecule has 0 amide bonds. The summed E-state index contributed by atoms with van der Waals surface area (Å²) in [5.74, 6) is 1.50. The first-order valence-electron chi connectivity index (χ1n) is 6.40. The number of halogens is 3. The highest BCUT2D eigenvalue weighted by Gasteiger charge is 2.30. The van der Waals surface area contributed by atoms with Crippen LogP contribution in [0.4, 0.5) is 13.2 Å². The second-order valence-corrected chi connectivity index (χ2v) is 4.66. The first-order chi connectivity index (χ1) is 9.40. The van der Waals surface area contributed by atoms with Gasteiger partial charge in [0, 0.05) is 6.42 Å². The van der Waals surface area contributed by atoms with Gasteiger partial charge in [-0.1, -0.05) is 19.1 Å². The van der Waals surface area contributed by atoms with Crippen LogP contribution in [0.15, 0.2) is 40.8 Å². The second kappa shape index (κ2) is 5.71. The van der Waals surface area contributed by atoms with Crippen molar-refractivity contribution in [2.45, 2.75) is 32.0 Å². The van der Waals surface area contributed by atoms with E-state index in [2.05, 4.69) is 0 Å². The lowest BCUT2D eigenvalue weighted by molar-refractivity contribution is -0.137. The molecule has 0 aliphatic carbocycles. The molecule has 0 aliphatic rings. The van der Waals surface area contributed by atoms with Crippen LogP contribution in [-0.4, -0.2) is 0 Å². The topological polar surface area (TPSA) is 39.2 Å². The van der Waals surface area contributed by atoms with E-state index in [0.717, 1.165) is 29.9 Å². The van der Waals surface area contributed by atoms with Crippen LogP contribution in [0.5, 0.6) is 0 Å². The van der Waals surface area contributed by atoms with E-state index in [1.54, 1.807) is 0 Å². The Morgan fingerprint density at radius 2 is 1.75 bits per heavy atom. The zero-order valence-corrected chi connectivity index (χ0v) is 11.1. The molecule has 0 aliphatic heterocycles. The number of furan rings is 1. The van der Waals surface area contributed by atoms with Gasteiger partial charge in [-0.3, -0.25) is 0 Å². The van der Waals surface area contributed by atoms with Crippen LogP contribution < -0.4 is 5.73 Å². The molecule has 20 heavy (non-hydrogen) atoms. The maximum absolute atomic E-state index is 12.4. The lowest BCUT2D eigenvalue weighted by Crippen LogP contribution is -2.13. The van der Waals surface area contributed by atoms with Crippen LogP contribution in [0.1, 0.15) is 35.6 Å². The third-order valence-electron chi connectivity index (χ3n) is 3.13. The Morgan fingerprint density at radius 1 is 1.10 bits per heavy atom. The fourth-order valence-corrected chi connectivity index (χ4v) is 1.97. The minimum absolute atomic E-state index is 0.355. The van der Waals surface area contributed by atoms with E-state index >= 15 is 0 Å². The van der Waals surface area contributed by atoms with Gasteiger partial charge in [0.2, 0.25) is 0 Å². The number of hydrogen-bond donors (Lipinski definition) is 1. The van der Waals surface area contributed by atoms with E-state index in [-0.39, 0.29) is 6.04 Å². The summed E-state index contributed by atoms with van der Waals surface area (Å²) >= 11 is 0. The number of nitrogens with two attached hydrogens (primary N) is 1. The van der Waals surface area contributed by atoms with E-state index in [1.807, 2.05) is 19.1 Å². The highest BCUT2D eigenvalue weighted by Crippen LogP contribution is 2.29. The Hall–Kier alpha value is -1.75. The minimum atomic E-state index is -4.31. The summed E-state index contributed by atoms with van der Waals surface area (Å²) in [6.45, 7) is 1.98. The number of alkyl halides is 3. The molecule has 108 valence electrons. The van der Waals surface area contributed by atoms with Gasteiger partial charge in [0.25, 0.3) is 0 Å². The summed E-state index contributed by atoms with van der Waals surface area (Å²) in [7, 11) is 0. The van der Waals surface area contributed by atoms with Crippen molar-refractivity contribution < 1.29 is 17.6 Å². The Labute approximate surface area is 115 Å². The van der Waals surface area contributed by atoms with Crippen LogP contribution in [0.3, 0.4) is 0 Å². The van der Waals surface area contributed by atoms with Crippen LogP contribution >= 0.6 is 0 Å². The van der Waals surface area contributed by atoms with Crippen LogP contribution in [0.25, 0.3) is 0 Å². The van der Waals surface area contributed by atoms with Crippen molar-refractivity contribution in [1.29, 1.82) is 0 Å². The normalized spacial score (nSPS) is 13.4. The summed E-state index contributed by atoms with van der Waals surface area (Å²) in [5.41, 5.74) is 6.10. The predicted octanol–water partition coefficient (Wildman–Crippen LogP) is 4.10. The zero-order chi connectivity index (χ0) is 14.8. The van der Waals surface area contributed by atoms with Gasteiger partial charge in [-0.25, -0.2) is 0 Å². The second-order valence-electron chi connectivity index (χ2n) is 4.66. The zero-order valence-electron chi connectivity index (χ0n) is 11.1. The number of aryl methyl sites for hydroxylation is 1. The summed E-state index contributed by atoms with van der Waals surface area (Å²) in [6, 6.07) is 8.37. The Morgan fingerprint density at radius 3 is 2.25 bits per heavy atom. The maximum Gasteiger partial charge on any atom is 0.416 e. The molecule has 1 aromatic carbocycles. The van der Waals surface area contributed by atoms with Crippen molar-refractivity contribution in [3.63, 3.8) is 0 Å². The lowest BCUT2D eigenvalue weighted by Gasteiger charge is -2.11. The SMILES string of the molecule is CCc1ccc(C(N)Cc2ccc(C(F)(F)F)cc2)o1. The number of hydrogen-bond acceptors (Lipinski definition) is 2. The number of benzene rings is 1. The molecule has 0 radical (unpaired) electrons. The van der Waals surface area contributed by atoms with Gasteiger partial charge in [0.1, 0.15) is 11.5 Å². The summed E-state index contributed by atoms with van der Waals surface area (Å²) in [6.07, 6.45) is -3.08. The first-order valence-corrected chi connectivity index (χ1v) is 6.40. The van der Waals surface area contributed by atoms with Gasteiger partial charge < -0.3 is 10.2 Å². The Kier molecular flexibility index (Phi) is 4.18. The van der Waals surface area contributed by atoms with Crippen molar-refractivity contribution in [1.82, 2.24) is 0 Å². The molecule has 1 unspecified atom stereocenters. The highest BCUT2D eigenvalue weighted by atomic mass is 19.4. The largest absolute Gasteiger partial charge is 0.464 e. The van der Waals surface area contributed by atoms with E-state index in [0.29, 0.717) is 12.2 Å². The molecule has 1 heterocycles. The van der Waals surface area contributed by atoms with Gasteiger partial charge >= 0.3 is 6.18 Å². The molecule has 5 heteroatoms. The predicted molar refractivity (Wildman–Crippen MR) is 70.2 cm³/mol. The molecular formula is C15H16F3NO. The standard InChI is InChI=1S/C15H16F3NO/c1-2-12-7-8-14(20-12)13(19)9-10-3-5-11(6-4-10)15(16,17)18/h3-8,13H,2,9,19H2,1H3. The average molecular weight is 283 g/mol. The number of rotatable bonds is 4. The minimum Gasteiger partial charge on any atom is -0.464 e. The van der Waals surface area contributed by atoms with Gasteiger partial charge in [-0.15, -0.1) is 0 Å². The van der Waals surface area contributed by atoms with Gasteiger partial charge in [-0.2, -0.15) is 13.2 Å². The molecule has 0 bridgehead atoms. The van der Waals surface area contributed by atoms with E-state index in [4.69, 9.17) is 10.2 Å². The van der Waals surface area contributed by atoms with Crippen molar-refractivity contribution in [3.05, 3.63) is 59.0 Å². The molecule has 2 nitrogen and oxygen atoms in total. The molecule has 0 fully saturated rings. The van der Waals surface area contributed by atoms with E-state index in [1.165, 1.54) is 12.1 Å². The van der Waals surface area contributed by atoms with Crippen LogP contribution in [0, 0.1) is 0 Å². The molecule has 0 spiro atoms. The monoisotopic (exact) mass is 283 g/mol. The van der Waals surface area contributed by atoms with Crippen LogP contribution in [0.2, 0.25) is 0 Å². The molecule has 0 saturated heterocycles. The van der Waals surface area contributed by atoms with Gasteiger partial charge in [0.15, 0.2) is 0 Å². The molecule has 2 rings (SSSR count). The smallest absolute Gasteiger partial charge is 0.416 e. The van der Waals surface area contributed by atoms with E-state index in [9.17, 15) is 13.2 Å². The Bertz CT molecular complexity index is 557. The Balaban J connectivity index is 2.06. The van der Waals surface area contributed by atoms with Crippen molar-refractivity contribution in [2.24, 2.45) is 5.73 Å². The van der Waals surface area contributed by atoms with Gasteiger partial charge in [-0.05, 0) is 36.2 Å². The molecule has 2 aromatic rings. The molecular weight excluding hydrogens is 267 g/mol. The van der Waals surface area contributed by atoms with Crippen molar-refractivity contribution >= 4 is 0 Å². The quantitative estimate of drug-likeness (QED) is 0.917. The fourth-order valence-electron chi connectivity index (χ4n) is 1.97. The third-order valence-corrected chi connectivity index (χ3v) is 3.13. The van der Waals surface area contributed by atoms with Crippen molar-refractivity contribution in [3.8, 4) is 0 Å². The van der Waals surface area contributed by atoms with E-state index < -0.39 is 11.7 Å². The summed E-state index contributed by atoms with van der Waals surface area (Å²) < 4.78 is 42.9.